The Hall–Kier alpha value is -0.0500. The van der Waals surface area contributed by atoms with Crippen LogP contribution in [0.1, 0.15) is 18.9 Å². The third-order valence-electron chi connectivity index (χ3n) is 2.10. The normalized spacial score (nSPS) is 12.5. The molecule has 0 aromatic heterocycles. The van der Waals surface area contributed by atoms with E-state index in [1.807, 2.05) is 6.92 Å². The molecule has 0 saturated carbocycles. The molecule has 0 aliphatic carbocycles. The van der Waals surface area contributed by atoms with Crippen molar-refractivity contribution >= 4 is 44.9 Å². The second-order valence-electron chi connectivity index (χ2n) is 3.23. The van der Waals surface area contributed by atoms with Gasteiger partial charge in [-0.2, -0.15) is 0 Å². The molecule has 0 aliphatic rings. The molecule has 0 bridgehead atoms. The molecule has 0 saturated heterocycles. The molecule has 1 aromatic rings. The van der Waals surface area contributed by atoms with E-state index in [-0.39, 0.29) is 10.6 Å². The van der Waals surface area contributed by atoms with E-state index in [0.29, 0.717) is 22.9 Å². The van der Waals surface area contributed by atoms with Gasteiger partial charge in [0.05, 0.1) is 4.83 Å². The summed E-state index contributed by atoms with van der Waals surface area (Å²) in [5.74, 6) is 0.172. The van der Waals surface area contributed by atoms with Gasteiger partial charge in [0.25, 0.3) is 0 Å². The Kier molecular flexibility index (Phi) is 5.10. The van der Waals surface area contributed by atoms with Crippen molar-refractivity contribution < 1.29 is 4.79 Å². The maximum absolute atomic E-state index is 11.4. The van der Waals surface area contributed by atoms with Crippen LogP contribution in [0.25, 0.3) is 0 Å². The summed E-state index contributed by atoms with van der Waals surface area (Å²) in [5.41, 5.74) is 0.896. The predicted molar refractivity (Wildman–Crippen MR) is 68.2 cm³/mol. The minimum absolute atomic E-state index is 0.172. The van der Waals surface area contributed by atoms with Gasteiger partial charge in [-0.3, -0.25) is 4.79 Å². The number of carbonyl (C=O) groups is 1. The van der Waals surface area contributed by atoms with Gasteiger partial charge in [-0.15, -0.1) is 0 Å². The first-order chi connectivity index (χ1) is 7.04. The molecule has 4 heteroatoms. The minimum atomic E-state index is -0.182. The largest absolute Gasteiger partial charge is 0.298 e. The first-order valence-corrected chi connectivity index (χ1v) is 6.32. The maximum atomic E-state index is 11.4. The molecule has 15 heavy (non-hydrogen) atoms. The van der Waals surface area contributed by atoms with Crippen LogP contribution < -0.4 is 0 Å². The fraction of sp³-hybridized carbons (Fsp3) is 0.364. The van der Waals surface area contributed by atoms with Gasteiger partial charge >= 0.3 is 0 Å². The van der Waals surface area contributed by atoms with Crippen LogP contribution in [-0.4, -0.2) is 10.6 Å². The third-order valence-corrected chi connectivity index (χ3v) is 3.54. The Balaban J connectivity index is 2.80. The minimum Gasteiger partial charge on any atom is -0.298 e. The SMILES string of the molecule is CCC(=O)C(Br)Cc1cc(Cl)ccc1Cl. The molecule has 82 valence electrons. The van der Waals surface area contributed by atoms with Gasteiger partial charge in [0.15, 0.2) is 0 Å². The summed E-state index contributed by atoms with van der Waals surface area (Å²) >= 11 is 15.2. The standard InChI is InChI=1S/C11H11BrCl2O/c1-2-11(15)9(12)6-7-5-8(13)3-4-10(7)14/h3-5,9H,2,6H2,1H3. The van der Waals surface area contributed by atoms with E-state index >= 15 is 0 Å². The van der Waals surface area contributed by atoms with E-state index in [1.54, 1.807) is 18.2 Å². The molecule has 0 radical (unpaired) electrons. The monoisotopic (exact) mass is 308 g/mol. The van der Waals surface area contributed by atoms with Crippen LogP contribution >= 0.6 is 39.1 Å². The van der Waals surface area contributed by atoms with Gasteiger partial charge in [0.2, 0.25) is 0 Å². The number of carbonyl (C=O) groups excluding carboxylic acids is 1. The summed E-state index contributed by atoms with van der Waals surface area (Å²) < 4.78 is 0. The summed E-state index contributed by atoms with van der Waals surface area (Å²) in [6.45, 7) is 1.84. The van der Waals surface area contributed by atoms with Crippen LogP contribution in [0.3, 0.4) is 0 Å². The van der Waals surface area contributed by atoms with Crippen LogP contribution in [0.15, 0.2) is 18.2 Å². The highest BCUT2D eigenvalue weighted by Crippen LogP contribution is 2.24. The predicted octanol–water partition coefficient (Wildman–Crippen LogP) is 4.28. The second-order valence-corrected chi connectivity index (χ2v) is 5.18. The Bertz CT molecular complexity index is 366. The first-order valence-electron chi connectivity index (χ1n) is 4.65. The quantitative estimate of drug-likeness (QED) is 0.759. The molecule has 0 N–H and O–H groups in total. The van der Waals surface area contributed by atoms with Crippen molar-refractivity contribution in [3.63, 3.8) is 0 Å². The summed E-state index contributed by atoms with van der Waals surface area (Å²) in [5, 5.41) is 1.28. The molecule has 1 aromatic carbocycles. The van der Waals surface area contributed by atoms with E-state index in [1.165, 1.54) is 0 Å². The number of Topliss-reactive ketones (excluding diaryl/α,β-unsaturated/α-hetero) is 1. The molecular weight excluding hydrogens is 299 g/mol. The number of hydrogen-bond donors (Lipinski definition) is 0. The van der Waals surface area contributed by atoms with Crippen LogP contribution in [0.4, 0.5) is 0 Å². The van der Waals surface area contributed by atoms with Crippen molar-refractivity contribution in [2.24, 2.45) is 0 Å². The third kappa shape index (κ3) is 3.78. The lowest BCUT2D eigenvalue weighted by molar-refractivity contribution is -0.118. The molecule has 0 spiro atoms. The van der Waals surface area contributed by atoms with Crippen LogP contribution in [0.5, 0.6) is 0 Å². The van der Waals surface area contributed by atoms with Crippen molar-refractivity contribution in [3.8, 4) is 0 Å². The van der Waals surface area contributed by atoms with Gasteiger partial charge in [0.1, 0.15) is 5.78 Å². The lowest BCUT2D eigenvalue weighted by Gasteiger charge is -2.09. The number of alkyl halides is 1. The molecule has 0 fully saturated rings. The van der Waals surface area contributed by atoms with E-state index in [9.17, 15) is 4.79 Å². The molecule has 0 aliphatic heterocycles. The number of hydrogen-bond acceptors (Lipinski definition) is 1. The van der Waals surface area contributed by atoms with Gasteiger partial charge in [-0.1, -0.05) is 46.1 Å². The first kappa shape index (κ1) is 13.0. The smallest absolute Gasteiger partial charge is 0.146 e. The fourth-order valence-electron chi connectivity index (χ4n) is 1.23. The van der Waals surface area contributed by atoms with Gasteiger partial charge in [0, 0.05) is 16.5 Å². The number of benzene rings is 1. The molecule has 0 heterocycles. The van der Waals surface area contributed by atoms with Gasteiger partial charge in [-0.05, 0) is 30.2 Å². The van der Waals surface area contributed by atoms with E-state index < -0.39 is 0 Å². The van der Waals surface area contributed by atoms with Crippen molar-refractivity contribution in [2.45, 2.75) is 24.6 Å². The lowest BCUT2D eigenvalue weighted by Crippen LogP contribution is -2.15. The Morgan fingerprint density at radius 1 is 1.47 bits per heavy atom. The van der Waals surface area contributed by atoms with Gasteiger partial charge in [-0.25, -0.2) is 0 Å². The molecular formula is C11H11BrCl2O. The average molecular weight is 310 g/mol. The van der Waals surface area contributed by atoms with E-state index in [0.717, 1.165) is 5.56 Å². The zero-order chi connectivity index (χ0) is 11.4. The van der Waals surface area contributed by atoms with Crippen molar-refractivity contribution in [2.75, 3.05) is 0 Å². The van der Waals surface area contributed by atoms with Crippen LogP contribution in [0, 0.1) is 0 Å². The summed E-state index contributed by atoms with van der Waals surface area (Å²) in [6, 6.07) is 5.27. The van der Waals surface area contributed by atoms with Crippen LogP contribution in [-0.2, 0) is 11.2 Å². The number of halogens is 3. The second kappa shape index (κ2) is 5.88. The number of rotatable bonds is 4. The lowest BCUT2D eigenvalue weighted by atomic mass is 10.1. The Morgan fingerprint density at radius 2 is 2.13 bits per heavy atom. The molecule has 1 nitrogen and oxygen atoms in total. The molecule has 1 rings (SSSR count). The number of ketones is 1. The summed E-state index contributed by atoms with van der Waals surface area (Å²) in [4.78, 5) is 11.2. The zero-order valence-corrected chi connectivity index (χ0v) is 11.4. The Morgan fingerprint density at radius 3 is 2.73 bits per heavy atom. The molecule has 1 unspecified atom stereocenters. The highest BCUT2D eigenvalue weighted by molar-refractivity contribution is 9.10. The average Bonchev–Trinajstić information content (AvgIpc) is 2.22. The van der Waals surface area contributed by atoms with Crippen LogP contribution in [0.2, 0.25) is 10.0 Å². The van der Waals surface area contributed by atoms with E-state index in [2.05, 4.69) is 15.9 Å². The zero-order valence-electron chi connectivity index (χ0n) is 8.27. The highest BCUT2D eigenvalue weighted by Gasteiger charge is 2.15. The van der Waals surface area contributed by atoms with Gasteiger partial charge < -0.3 is 0 Å². The molecule has 0 amide bonds. The topological polar surface area (TPSA) is 17.1 Å². The van der Waals surface area contributed by atoms with Crippen molar-refractivity contribution in [3.05, 3.63) is 33.8 Å². The van der Waals surface area contributed by atoms with Crippen molar-refractivity contribution in [1.29, 1.82) is 0 Å². The maximum Gasteiger partial charge on any atom is 0.146 e. The highest BCUT2D eigenvalue weighted by atomic mass is 79.9. The summed E-state index contributed by atoms with van der Waals surface area (Å²) in [6.07, 6.45) is 1.10. The fourth-order valence-corrected chi connectivity index (χ4v) is 2.29. The summed E-state index contributed by atoms with van der Waals surface area (Å²) in [7, 11) is 0. The Labute approximate surface area is 108 Å². The van der Waals surface area contributed by atoms with E-state index in [4.69, 9.17) is 23.2 Å². The molecule has 1 atom stereocenters. The van der Waals surface area contributed by atoms with Crippen molar-refractivity contribution in [1.82, 2.24) is 0 Å².